The predicted molar refractivity (Wildman–Crippen MR) is 230 cm³/mol. The van der Waals surface area contributed by atoms with Gasteiger partial charge in [-0.3, -0.25) is 0 Å². The van der Waals surface area contributed by atoms with Crippen molar-refractivity contribution in [3.8, 4) is 0 Å². The number of thioether (sulfide) groups is 4. The molecule has 2 aliphatic heterocycles. The van der Waals surface area contributed by atoms with Crippen LogP contribution < -0.4 is 0 Å². The van der Waals surface area contributed by atoms with Gasteiger partial charge >= 0.3 is 23.9 Å². The molecule has 4 aromatic rings. The number of carbonyl (C=O) groups is 4. The molecule has 0 unspecified atom stereocenters. The standard InChI is InChI=1S/C44H38O8S4/c1-5-49-41(45)31-17-9-27(10-18-31)37-38(28-11-19-32(20-12-28)42(46)50-6-2)54-35(53-37)25-26-36-55-39(29-13-21-33(22-14-29)43(47)51-7-3)40(56-36)30-15-23-34(24-16-30)44(48)52-8-4/h9-26H,5-8H2,1-4H3. The van der Waals surface area contributed by atoms with Crippen LogP contribution in [-0.4, -0.2) is 50.3 Å². The SMILES string of the molecule is CCOC(=O)c1ccc(C2=C(c3ccc(C(=O)OCC)cc3)SC(=CC=C3SC(c4ccc(C(=O)OCC)cc4)=C(c4ccc(C(=O)OCC)cc4)S3)S2)cc1. The number of ether oxygens (including phenoxy) is 4. The van der Waals surface area contributed by atoms with Gasteiger partial charge in [0.25, 0.3) is 0 Å². The third-order valence-corrected chi connectivity index (χ3v) is 13.4. The van der Waals surface area contributed by atoms with Crippen molar-refractivity contribution in [1.82, 2.24) is 0 Å². The maximum Gasteiger partial charge on any atom is 0.338 e. The van der Waals surface area contributed by atoms with Crippen molar-refractivity contribution in [2.75, 3.05) is 26.4 Å². The summed E-state index contributed by atoms with van der Waals surface area (Å²) in [5, 5.41) is 0. The Labute approximate surface area is 343 Å². The number of esters is 4. The van der Waals surface area contributed by atoms with Gasteiger partial charge in [0.1, 0.15) is 0 Å². The van der Waals surface area contributed by atoms with E-state index in [1.807, 2.05) is 48.5 Å². The molecule has 0 bridgehead atoms. The highest BCUT2D eigenvalue weighted by Gasteiger charge is 2.27. The molecule has 0 aromatic heterocycles. The van der Waals surface area contributed by atoms with Crippen LogP contribution >= 0.6 is 47.0 Å². The van der Waals surface area contributed by atoms with Crippen LogP contribution in [0.25, 0.3) is 19.6 Å². The largest absolute Gasteiger partial charge is 0.462 e. The highest BCUT2D eigenvalue weighted by Crippen LogP contribution is 2.59. The first-order chi connectivity index (χ1) is 27.2. The second kappa shape index (κ2) is 19.3. The Morgan fingerprint density at radius 1 is 0.375 bits per heavy atom. The molecule has 0 amide bonds. The minimum Gasteiger partial charge on any atom is -0.462 e. The van der Waals surface area contributed by atoms with Gasteiger partial charge < -0.3 is 18.9 Å². The van der Waals surface area contributed by atoms with Gasteiger partial charge in [-0.15, -0.1) is 0 Å². The molecule has 0 N–H and O–H groups in total. The molecule has 6 rings (SSSR count). The minimum absolute atomic E-state index is 0.298. The van der Waals surface area contributed by atoms with Crippen LogP contribution in [0.5, 0.6) is 0 Å². The second-order valence-electron chi connectivity index (χ2n) is 11.9. The van der Waals surface area contributed by atoms with Gasteiger partial charge in [0, 0.05) is 19.6 Å². The third-order valence-electron chi connectivity index (χ3n) is 8.21. The van der Waals surface area contributed by atoms with Crippen molar-refractivity contribution in [2.24, 2.45) is 0 Å². The molecule has 0 fully saturated rings. The number of allylic oxidation sites excluding steroid dienone is 2. The first kappa shape index (κ1) is 40.8. The van der Waals surface area contributed by atoms with Crippen molar-refractivity contribution in [1.29, 1.82) is 0 Å². The molecule has 286 valence electrons. The minimum atomic E-state index is -0.368. The molecular formula is C44H38O8S4. The fraction of sp³-hybridized carbons (Fsp3) is 0.182. The van der Waals surface area contributed by atoms with Crippen LogP contribution in [0.3, 0.4) is 0 Å². The van der Waals surface area contributed by atoms with Crippen LogP contribution in [0.15, 0.2) is 118 Å². The van der Waals surface area contributed by atoms with Crippen LogP contribution in [-0.2, 0) is 18.9 Å². The monoisotopic (exact) mass is 822 g/mol. The smallest absolute Gasteiger partial charge is 0.338 e. The lowest BCUT2D eigenvalue weighted by molar-refractivity contribution is 0.0516. The van der Waals surface area contributed by atoms with Gasteiger partial charge in [0.2, 0.25) is 0 Å². The van der Waals surface area contributed by atoms with Gasteiger partial charge in [-0.05, 0) is 111 Å². The Balaban J connectivity index is 1.31. The maximum absolute atomic E-state index is 12.4. The molecule has 0 saturated carbocycles. The van der Waals surface area contributed by atoms with Crippen LogP contribution in [0.4, 0.5) is 0 Å². The lowest BCUT2D eigenvalue weighted by Gasteiger charge is -2.08. The Kier molecular flexibility index (Phi) is 14.1. The molecule has 56 heavy (non-hydrogen) atoms. The molecule has 0 radical (unpaired) electrons. The van der Waals surface area contributed by atoms with E-state index in [1.165, 1.54) is 0 Å². The number of rotatable bonds is 13. The number of carbonyl (C=O) groups excluding carboxylic acids is 4. The normalized spacial score (nSPS) is 13.8. The molecule has 0 spiro atoms. The van der Waals surface area contributed by atoms with E-state index < -0.39 is 0 Å². The Morgan fingerprint density at radius 2 is 0.571 bits per heavy atom. The zero-order valence-electron chi connectivity index (χ0n) is 31.1. The molecule has 4 aromatic carbocycles. The summed E-state index contributed by atoms with van der Waals surface area (Å²) < 4.78 is 22.8. The maximum atomic E-state index is 12.4. The summed E-state index contributed by atoms with van der Waals surface area (Å²) in [7, 11) is 0. The summed E-state index contributed by atoms with van der Waals surface area (Å²) in [5.74, 6) is -1.47. The highest BCUT2D eigenvalue weighted by molar-refractivity contribution is 8.35. The first-order valence-corrected chi connectivity index (χ1v) is 21.2. The van der Waals surface area contributed by atoms with E-state index in [0.29, 0.717) is 48.7 Å². The lowest BCUT2D eigenvalue weighted by atomic mass is 10.1. The van der Waals surface area contributed by atoms with Crippen molar-refractivity contribution in [2.45, 2.75) is 27.7 Å². The molecule has 2 heterocycles. The van der Waals surface area contributed by atoms with Crippen molar-refractivity contribution in [3.05, 3.63) is 162 Å². The molecular weight excluding hydrogens is 785 g/mol. The molecule has 0 atom stereocenters. The van der Waals surface area contributed by atoms with E-state index in [9.17, 15) is 19.2 Å². The molecule has 0 aliphatic carbocycles. The van der Waals surface area contributed by atoms with Gasteiger partial charge in [-0.1, -0.05) is 95.6 Å². The van der Waals surface area contributed by atoms with Crippen molar-refractivity contribution >= 4 is 90.5 Å². The zero-order valence-corrected chi connectivity index (χ0v) is 34.4. The quantitative estimate of drug-likeness (QED) is 0.0947. The fourth-order valence-corrected chi connectivity index (χ4v) is 10.6. The number of benzene rings is 4. The van der Waals surface area contributed by atoms with E-state index in [0.717, 1.165) is 50.3 Å². The van der Waals surface area contributed by atoms with Gasteiger partial charge in [-0.2, -0.15) is 0 Å². The van der Waals surface area contributed by atoms with E-state index in [-0.39, 0.29) is 23.9 Å². The van der Waals surface area contributed by atoms with E-state index in [1.54, 1.807) is 123 Å². The van der Waals surface area contributed by atoms with E-state index >= 15 is 0 Å². The predicted octanol–water partition coefficient (Wildman–Crippen LogP) is 11.4. The summed E-state index contributed by atoms with van der Waals surface area (Å²) in [4.78, 5) is 53.6. The van der Waals surface area contributed by atoms with Gasteiger partial charge in [0.15, 0.2) is 0 Å². The molecule has 2 aliphatic rings. The van der Waals surface area contributed by atoms with Gasteiger partial charge in [0.05, 0.1) is 57.2 Å². The molecule has 12 heteroatoms. The summed E-state index contributed by atoms with van der Waals surface area (Å²) in [6, 6.07) is 29.6. The fourth-order valence-electron chi connectivity index (χ4n) is 5.55. The van der Waals surface area contributed by atoms with Gasteiger partial charge in [-0.25, -0.2) is 19.2 Å². The number of hydrogen-bond acceptors (Lipinski definition) is 12. The van der Waals surface area contributed by atoms with Crippen LogP contribution in [0.1, 0.15) is 91.4 Å². The van der Waals surface area contributed by atoms with E-state index in [2.05, 4.69) is 12.2 Å². The first-order valence-electron chi connectivity index (χ1n) is 17.9. The average Bonchev–Trinajstić information content (AvgIpc) is 3.86. The topological polar surface area (TPSA) is 105 Å². The second-order valence-corrected chi connectivity index (χ2v) is 16.6. The third kappa shape index (κ3) is 9.73. The van der Waals surface area contributed by atoms with Crippen molar-refractivity contribution in [3.63, 3.8) is 0 Å². The molecule has 0 saturated heterocycles. The summed E-state index contributed by atoms with van der Waals surface area (Å²) in [6.45, 7) is 8.31. The highest BCUT2D eigenvalue weighted by atomic mass is 32.2. The summed E-state index contributed by atoms with van der Waals surface area (Å²) in [5.41, 5.74) is 5.71. The Bertz CT molecular complexity index is 1920. The van der Waals surface area contributed by atoms with Crippen LogP contribution in [0, 0.1) is 0 Å². The number of hydrogen-bond donors (Lipinski definition) is 0. The lowest BCUT2D eigenvalue weighted by Crippen LogP contribution is -2.04. The zero-order chi connectivity index (χ0) is 39.6. The average molecular weight is 823 g/mol. The van der Waals surface area contributed by atoms with Crippen LogP contribution in [0.2, 0.25) is 0 Å². The molecule has 8 nitrogen and oxygen atoms in total. The van der Waals surface area contributed by atoms with Crippen molar-refractivity contribution < 1.29 is 38.1 Å². The Morgan fingerprint density at radius 3 is 0.750 bits per heavy atom. The summed E-state index contributed by atoms with van der Waals surface area (Å²) in [6.07, 6.45) is 4.21. The Hall–Kier alpha value is -4.88. The summed E-state index contributed by atoms with van der Waals surface area (Å²) >= 11 is 6.54. The van der Waals surface area contributed by atoms with E-state index in [4.69, 9.17) is 18.9 Å².